The lowest BCUT2D eigenvalue weighted by Crippen LogP contribution is -2.53. The van der Waals surface area contributed by atoms with Gasteiger partial charge >= 0.3 is 17.8 Å². The van der Waals surface area contributed by atoms with Crippen LogP contribution < -0.4 is 9.47 Å². The molecule has 0 aromatic heterocycles. The Morgan fingerprint density at radius 3 is 2.48 bits per heavy atom. The van der Waals surface area contributed by atoms with Gasteiger partial charge in [0.25, 0.3) is 0 Å². The summed E-state index contributed by atoms with van der Waals surface area (Å²) in [7, 11) is 0. The van der Waals surface area contributed by atoms with E-state index >= 15 is 0 Å². The van der Waals surface area contributed by atoms with Gasteiger partial charge in [-0.05, 0) is 44.0 Å². The van der Waals surface area contributed by atoms with Crippen molar-refractivity contribution in [2.75, 3.05) is 26.2 Å². The minimum absolute atomic E-state index is 0.139. The largest absolute Gasteiger partial charge is 0.486 e. The summed E-state index contributed by atoms with van der Waals surface area (Å²) < 4.78 is 11.9. The second kappa shape index (κ2) is 8.86. The normalized spacial score (nSPS) is 24.3. The number of amides is 4. The number of carbonyl (C=O) groups excluding carboxylic acids is 3. The Bertz CT molecular complexity index is 1060. The summed E-state index contributed by atoms with van der Waals surface area (Å²) >= 11 is 0. The zero-order valence-electron chi connectivity index (χ0n) is 18.6. The summed E-state index contributed by atoms with van der Waals surface area (Å²) in [5, 5.41) is 0. The molecule has 0 bridgehead atoms. The molecule has 0 saturated carbocycles. The fourth-order valence-corrected chi connectivity index (χ4v) is 4.89. The third-order valence-corrected chi connectivity index (χ3v) is 6.58. The average Bonchev–Trinajstić information content (AvgIpc) is 3.07. The van der Waals surface area contributed by atoms with Gasteiger partial charge in [-0.1, -0.05) is 42.5 Å². The van der Waals surface area contributed by atoms with Crippen LogP contribution in [0.3, 0.4) is 0 Å². The molecule has 0 spiro atoms. The number of rotatable bonds is 5. The van der Waals surface area contributed by atoms with Crippen molar-refractivity contribution >= 4 is 17.8 Å². The molecule has 2 fully saturated rings. The van der Waals surface area contributed by atoms with Crippen LogP contribution in [0.1, 0.15) is 31.4 Å². The van der Waals surface area contributed by atoms with E-state index in [9.17, 15) is 14.4 Å². The Morgan fingerprint density at radius 1 is 0.970 bits per heavy atom. The molecule has 0 aliphatic carbocycles. The molecule has 0 N–H and O–H groups in total. The molecule has 8 nitrogen and oxygen atoms in total. The van der Waals surface area contributed by atoms with Gasteiger partial charge in [0.1, 0.15) is 12.7 Å². The van der Waals surface area contributed by atoms with Gasteiger partial charge in [-0.3, -0.25) is 19.4 Å². The van der Waals surface area contributed by atoms with Crippen molar-refractivity contribution in [3.05, 3.63) is 60.2 Å². The molecular weight excluding hydrogens is 422 g/mol. The Kier molecular flexibility index (Phi) is 5.76. The number of imide groups is 2. The number of urea groups is 1. The van der Waals surface area contributed by atoms with Crippen LogP contribution in [0.15, 0.2) is 54.6 Å². The number of carbonyl (C=O) groups is 3. The quantitative estimate of drug-likeness (QED) is 0.516. The van der Waals surface area contributed by atoms with Crippen LogP contribution >= 0.6 is 0 Å². The number of hydrogen-bond donors (Lipinski definition) is 0. The highest BCUT2D eigenvalue weighted by Crippen LogP contribution is 2.32. The van der Waals surface area contributed by atoms with Crippen LogP contribution in [0, 0.1) is 0 Å². The fraction of sp³-hybridized carbons (Fsp3) is 0.400. The SMILES string of the molecule is C[C@H](c1ccccc1)N1C(=O)C(=O)N([C@H]2CCCN(C[C@H]3COc4ccccc4O3)C2)C1=O. The van der Waals surface area contributed by atoms with E-state index in [0.29, 0.717) is 26.1 Å². The topological polar surface area (TPSA) is 79.4 Å². The first kappa shape index (κ1) is 21.5. The van der Waals surface area contributed by atoms with Gasteiger partial charge < -0.3 is 9.47 Å². The van der Waals surface area contributed by atoms with Crippen LogP contribution in [0.4, 0.5) is 4.79 Å². The maximum atomic E-state index is 13.2. The van der Waals surface area contributed by atoms with Crippen molar-refractivity contribution < 1.29 is 23.9 Å². The molecule has 4 amide bonds. The van der Waals surface area contributed by atoms with Gasteiger partial charge in [0.15, 0.2) is 11.5 Å². The lowest BCUT2D eigenvalue weighted by Gasteiger charge is -2.38. The predicted molar refractivity (Wildman–Crippen MR) is 120 cm³/mol. The van der Waals surface area contributed by atoms with E-state index in [4.69, 9.17) is 9.47 Å². The van der Waals surface area contributed by atoms with Gasteiger partial charge in [0, 0.05) is 13.1 Å². The lowest BCUT2D eigenvalue weighted by atomic mass is 10.0. The highest BCUT2D eigenvalue weighted by atomic mass is 16.6. The smallest absolute Gasteiger partial charge is 0.335 e. The second-order valence-corrected chi connectivity index (χ2v) is 8.77. The van der Waals surface area contributed by atoms with Gasteiger partial charge in [0.05, 0.1) is 12.1 Å². The number of para-hydroxylation sites is 2. The molecule has 3 aliphatic rings. The zero-order valence-corrected chi connectivity index (χ0v) is 18.6. The second-order valence-electron chi connectivity index (χ2n) is 8.77. The molecule has 5 rings (SSSR count). The van der Waals surface area contributed by atoms with Crippen LogP contribution in [0.2, 0.25) is 0 Å². The molecule has 2 aromatic rings. The highest BCUT2D eigenvalue weighted by Gasteiger charge is 2.50. The van der Waals surface area contributed by atoms with Crippen LogP contribution in [-0.2, 0) is 9.59 Å². The molecule has 3 aliphatic heterocycles. The van der Waals surface area contributed by atoms with Crippen molar-refractivity contribution in [1.29, 1.82) is 0 Å². The first-order chi connectivity index (χ1) is 16.0. The minimum atomic E-state index is -0.755. The number of likely N-dealkylation sites (tertiary alicyclic amines) is 1. The highest BCUT2D eigenvalue weighted by molar-refractivity contribution is 6.44. The average molecular weight is 450 g/mol. The van der Waals surface area contributed by atoms with Crippen molar-refractivity contribution in [2.24, 2.45) is 0 Å². The Labute approximate surface area is 192 Å². The standard InChI is InChI=1S/C25H27N3O5/c1-17(18-8-3-2-4-9-18)27-23(29)24(30)28(25(27)31)19-10-7-13-26(14-19)15-20-16-32-21-11-5-6-12-22(21)33-20/h2-6,8-9,11-12,17,19-20H,7,10,13-16H2,1H3/t17-,19+,20+/m1/s1. The van der Waals surface area contributed by atoms with Crippen LogP contribution in [0.5, 0.6) is 11.5 Å². The van der Waals surface area contributed by atoms with Crippen molar-refractivity contribution in [2.45, 2.75) is 38.0 Å². The maximum Gasteiger partial charge on any atom is 0.335 e. The van der Waals surface area contributed by atoms with E-state index < -0.39 is 23.9 Å². The summed E-state index contributed by atoms with van der Waals surface area (Å²) in [5.74, 6) is -0.0251. The lowest BCUT2D eigenvalue weighted by molar-refractivity contribution is -0.145. The van der Waals surface area contributed by atoms with E-state index in [1.54, 1.807) is 6.92 Å². The van der Waals surface area contributed by atoms with Gasteiger partial charge in [-0.2, -0.15) is 0 Å². The number of fused-ring (bicyclic) bond motifs is 1. The molecule has 172 valence electrons. The van der Waals surface area contributed by atoms with Crippen molar-refractivity contribution in [3.63, 3.8) is 0 Å². The number of nitrogens with zero attached hydrogens (tertiary/aromatic N) is 3. The molecule has 3 atom stereocenters. The number of ether oxygens (including phenoxy) is 2. The van der Waals surface area contributed by atoms with Crippen LogP contribution in [0.25, 0.3) is 0 Å². The van der Waals surface area contributed by atoms with E-state index in [0.717, 1.165) is 34.9 Å². The summed E-state index contributed by atoms with van der Waals surface area (Å²) in [4.78, 5) is 43.3. The summed E-state index contributed by atoms with van der Waals surface area (Å²) in [5.41, 5.74) is 0.814. The van der Waals surface area contributed by atoms with Crippen LogP contribution in [-0.4, -0.2) is 70.9 Å². The predicted octanol–water partition coefficient (Wildman–Crippen LogP) is 2.84. The monoisotopic (exact) mass is 449 g/mol. The number of benzene rings is 2. The Morgan fingerprint density at radius 2 is 1.70 bits per heavy atom. The summed E-state index contributed by atoms with van der Waals surface area (Å²) in [6, 6.07) is 15.5. The Balaban J connectivity index is 1.26. The zero-order chi connectivity index (χ0) is 22.9. The third-order valence-electron chi connectivity index (χ3n) is 6.58. The van der Waals surface area contributed by atoms with E-state index in [2.05, 4.69) is 4.90 Å². The maximum absolute atomic E-state index is 13.2. The molecule has 0 unspecified atom stereocenters. The number of hydrogen-bond acceptors (Lipinski definition) is 6. The van der Waals surface area contributed by atoms with E-state index in [1.165, 1.54) is 4.90 Å². The molecular formula is C25H27N3O5. The first-order valence-electron chi connectivity index (χ1n) is 11.4. The Hall–Kier alpha value is -3.39. The molecule has 2 aromatic carbocycles. The molecule has 2 saturated heterocycles. The van der Waals surface area contributed by atoms with Gasteiger partial charge in [0.2, 0.25) is 0 Å². The third kappa shape index (κ3) is 4.06. The summed E-state index contributed by atoms with van der Waals surface area (Å²) in [6.07, 6.45) is 1.37. The van der Waals surface area contributed by atoms with Crippen molar-refractivity contribution in [1.82, 2.24) is 14.7 Å². The van der Waals surface area contributed by atoms with E-state index in [1.807, 2.05) is 54.6 Å². The van der Waals surface area contributed by atoms with Gasteiger partial charge in [-0.25, -0.2) is 9.69 Å². The molecule has 0 radical (unpaired) electrons. The molecule has 3 heterocycles. The fourth-order valence-electron chi connectivity index (χ4n) is 4.89. The first-order valence-corrected chi connectivity index (χ1v) is 11.4. The van der Waals surface area contributed by atoms with E-state index in [-0.39, 0.29) is 12.1 Å². The summed E-state index contributed by atoms with van der Waals surface area (Å²) in [6.45, 7) is 4.19. The van der Waals surface area contributed by atoms with Crippen molar-refractivity contribution in [3.8, 4) is 11.5 Å². The molecule has 33 heavy (non-hydrogen) atoms. The van der Waals surface area contributed by atoms with Gasteiger partial charge in [-0.15, -0.1) is 0 Å². The number of piperidine rings is 1. The minimum Gasteiger partial charge on any atom is -0.486 e. The molecule has 8 heteroatoms.